The smallest absolute Gasteiger partial charge is 0.165 e. The van der Waals surface area contributed by atoms with Gasteiger partial charge in [0.05, 0.1) is 33.5 Å². The van der Waals surface area contributed by atoms with E-state index in [1.807, 2.05) is 12.1 Å². The summed E-state index contributed by atoms with van der Waals surface area (Å²) in [4.78, 5) is 0. The number of ether oxygens (including phenoxy) is 3. The molecule has 3 N–H and O–H groups in total. The molecule has 1 unspecified atom stereocenters. The summed E-state index contributed by atoms with van der Waals surface area (Å²) in [6.45, 7) is 0.293. The fraction of sp³-hybridized carbons (Fsp3) is 0.500. The third-order valence-electron chi connectivity index (χ3n) is 2.47. The van der Waals surface area contributed by atoms with E-state index in [1.165, 1.54) is 0 Å². The van der Waals surface area contributed by atoms with Crippen LogP contribution in [-0.4, -0.2) is 33.0 Å². The van der Waals surface area contributed by atoms with Gasteiger partial charge in [-0.15, -0.1) is 0 Å². The normalized spacial score (nSPS) is 12.3. The van der Waals surface area contributed by atoms with E-state index >= 15 is 0 Å². The lowest BCUT2D eigenvalue weighted by molar-refractivity contribution is 0.184. The molecule has 0 aliphatic carbocycles. The molecule has 0 bridgehead atoms. The molecule has 0 aliphatic heterocycles. The molecule has 1 rings (SSSR count). The highest BCUT2D eigenvalue weighted by Gasteiger charge is 2.17. The largest absolute Gasteiger partial charge is 0.493 e. The van der Waals surface area contributed by atoms with Crippen molar-refractivity contribution in [3.05, 3.63) is 23.3 Å². The van der Waals surface area contributed by atoms with Gasteiger partial charge in [-0.1, -0.05) is 0 Å². The molecular weight excluding hydrogens is 222 g/mol. The summed E-state index contributed by atoms with van der Waals surface area (Å²) in [7, 11) is 4.71. The zero-order chi connectivity index (χ0) is 12.8. The van der Waals surface area contributed by atoms with Gasteiger partial charge in [0.25, 0.3) is 0 Å². The average molecular weight is 241 g/mol. The van der Waals surface area contributed by atoms with E-state index in [-0.39, 0.29) is 6.61 Å². The first-order valence-corrected chi connectivity index (χ1v) is 5.28. The van der Waals surface area contributed by atoms with Gasteiger partial charge in [-0.2, -0.15) is 0 Å². The molecule has 0 saturated carbocycles. The molecule has 1 aromatic carbocycles. The molecule has 17 heavy (non-hydrogen) atoms. The quantitative estimate of drug-likeness (QED) is 0.772. The summed E-state index contributed by atoms with van der Waals surface area (Å²) >= 11 is 0. The van der Waals surface area contributed by atoms with Crippen LogP contribution in [-0.2, 0) is 11.3 Å². The third kappa shape index (κ3) is 3.09. The van der Waals surface area contributed by atoms with Crippen molar-refractivity contribution < 1.29 is 19.3 Å². The molecule has 0 aliphatic rings. The zero-order valence-electron chi connectivity index (χ0n) is 10.4. The topological polar surface area (TPSA) is 73.9 Å². The molecule has 0 heterocycles. The van der Waals surface area contributed by atoms with E-state index in [2.05, 4.69) is 0 Å². The van der Waals surface area contributed by atoms with Gasteiger partial charge in [0.2, 0.25) is 0 Å². The second-order valence-corrected chi connectivity index (χ2v) is 3.64. The number of rotatable bonds is 6. The van der Waals surface area contributed by atoms with E-state index in [4.69, 9.17) is 25.1 Å². The van der Waals surface area contributed by atoms with Crippen molar-refractivity contribution in [1.82, 2.24) is 0 Å². The van der Waals surface area contributed by atoms with Crippen LogP contribution in [0.4, 0.5) is 0 Å². The second kappa shape index (κ2) is 6.44. The molecule has 1 atom stereocenters. The summed E-state index contributed by atoms with van der Waals surface area (Å²) < 4.78 is 15.6. The maximum absolute atomic E-state index is 9.14. The molecule has 0 fully saturated rings. The van der Waals surface area contributed by atoms with Crippen LogP contribution >= 0.6 is 0 Å². The Labute approximate surface area is 101 Å². The lowest BCUT2D eigenvalue weighted by Gasteiger charge is -2.18. The lowest BCUT2D eigenvalue weighted by atomic mass is 10.0. The molecule has 5 nitrogen and oxygen atoms in total. The van der Waals surface area contributed by atoms with Crippen LogP contribution in [0, 0.1) is 0 Å². The van der Waals surface area contributed by atoms with E-state index in [9.17, 15) is 0 Å². The molecule has 0 radical (unpaired) electrons. The predicted octanol–water partition coefficient (Wildman–Crippen LogP) is 0.842. The van der Waals surface area contributed by atoms with Crippen LogP contribution in [0.5, 0.6) is 11.5 Å². The SMILES string of the molecule is COCc1cc(OC)c(OC)c(C(N)CO)c1. The number of hydrogen-bond donors (Lipinski definition) is 2. The predicted molar refractivity (Wildman–Crippen MR) is 64.3 cm³/mol. The summed E-state index contributed by atoms with van der Waals surface area (Å²) in [5.41, 5.74) is 7.46. The zero-order valence-corrected chi connectivity index (χ0v) is 10.4. The standard InChI is InChI=1S/C12H19NO4/c1-15-7-8-4-9(10(13)6-14)12(17-3)11(5-8)16-2/h4-5,10,14H,6-7,13H2,1-3H3. The van der Waals surface area contributed by atoms with Gasteiger partial charge in [-0.05, 0) is 17.7 Å². The third-order valence-corrected chi connectivity index (χ3v) is 2.47. The minimum absolute atomic E-state index is 0.157. The summed E-state index contributed by atoms with van der Waals surface area (Å²) in [5, 5.41) is 9.14. The summed E-state index contributed by atoms with van der Waals surface area (Å²) in [6, 6.07) is 3.18. The molecule has 5 heteroatoms. The van der Waals surface area contributed by atoms with E-state index in [0.29, 0.717) is 23.7 Å². The first-order chi connectivity index (χ1) is 8.17. The molecule has 0 amide bonds. The second-order valence-electron chi connectivity index (χ2n) is 3.64. The van der Waals surface area contributed by atoms with Crippen LogP contribution < -0.4 is 15.2 Å². The van der Waals surface area contributed by atoms with Gasteiger partial charge in [-0.25, -0.2) is 0 Å². The monoisotopic (exact) mass is 241 g/mol. The van der Waals surface area contributed by atoms with Crippen LogP contribution in [0.3, 0.4) is 0 Å². The lowest BCUT2D eigenvalue weighted by Crippen LogP contribution is -2.16. The van der Waals surface area contributed by atoms with E-state index in [1.54, 1.807) is 21.3 Å². The first kappa shape index (κ1) is 13.8. The number of aliphatic hydroxyl groups excluding tert-OH is 1. The van der Waals surface area contributed by atoms with Crippen molar-refractivity contribution >= 4 is 0 Å². The number of aliphatic hydroxyl groups is 1. The van der Waals surface area contributed by atoms with Crippen LogP contribution in [0.25, 0.3) is 0 Å². The molecular formula is C12H19NO4. The highest BCUT2D eigenvalue weighted by molar-refractivity contribution is 5.50. The maximum atomic E-state index is 9.14. The van der Waals surface area contributed by atoms with Gasteiger partial charge >= 0.3 is 0 Å². The minimum Gasteiger partial charge on any atom is -0.493 e. The number of nitrogens with two attached hydrogens (primary N) is 1. The highest BCUT2D eigenvalue weighted by Crippen LogP contribution is 2.35. The minimum atomic E-state index is -0.504. The van der Waals surface area contributed by atoms with Gasteiger partial charge in [0.1, 0.15) is 0 Å². The Balaban J connectivity index is 3.26. The number of hydrogen-bond acceptors (Lipinski definition) is 5. The Morgan fingerprint density at radius 3 is 2.41 bits per heavy atom. The number of methoxy groups -OCH3 is 3. The van der Waals surface area contributed by atoms with Crippen molar-refractivity contribution in [2.24, 2.45) is 5.73 Å². The molecule has 96 valence electrons. The Hall–Kier alpha value is -1.30. The highest BCUT2D eigenvalue weighted by atomic mass is 16.5. The van der Waals surface area contributed by atoms with Crippen molar-refractivity contribution in [2.75, 3.05) is 27.9 Å². The summed E-state index contributed by atoms with van der Waals surface area (Å²) in [5.74, 6) is 1.13. The molecule has 0 spiro atoms. The molecule has 1 aromatic rings. The molecule has 0 aromatic heterocycles. The van der Waals surface area contributed by atoms with Crippen molar-refractivity contribution in [3.8, 4) is 11.5 Å². The average Bonchev–Trinajstić information content (AvgIpc) is 2.37. The van der Waals surface area contributed by atoms with Crippen LogP contribution in [0.2, 0.25) is 0 Å². The Bertz CT molecular complexity index is 368. The van der Waals surface area contributed by atoms with E-state index < -0.39 is 6.04 Å². The molecule has 0 saturated heterocycles. The first-order valence-electron chi connectivity index (χ1n) is 5.28. The van der Waals surface area contributed by atoms with Gasteiger partial charge in [0, 0.05) is 12.7 Å². The Morgan fingerprint density at radius 2 is 1.94 bits per heavy atom. The van der Waals surface area contributed by atoms with Gasteiger partial charge in [-0.3, -0.25) is 0 Å². The fourth-order valence-electron chi connectivity index (χ4n) is 1.68. The van der Waals surface area contributed by atoms with Crippen molar-refractivity contribution in [3.63, 3.8) is 0 Å². The Kier molecular flexibility index (Phi) is 5.21. The summed E-state index contributed by atoms with van der Waals surface area (Å²) in [6.07, 6.45) is 0. The van der Waals surface area contributed by atoms with Crippen molar-refractivity contribution in [2.45, 2.75) is 12.6 Å². The maximum Gasteiger partial charge on any atom is 0.165 e. The number of benzene rings is 1. The van der Waals surface area contributed by atoms with E-state index in [0.717, 1.165) is 5.56 Å². The Morgan fingerprint density at radius 1 is 1.24 bits per heavy atom. The van der Waals surface area contributed by atoms with Crippen LogP contribution in [0.15, 0.2) is 12.1 Å². The van der Waals surface area contributed by atoms with Crippen molar-refractivity contribution in [1.29, 1.82) is 0 Å². The van der Waals surface area contributed by atoms with Gasteiger partial charge in [0.15, 0.2) is 11.5 Å². The van der Waals surface area contributed by atoms with Gasteiger partial charge < -0.3 is 25.1 Å². The fourth-order valence-corrected chi connectivity index (χ4v) is 1.68. The van der Waals surface area contributed by atoms with Crippen LogP contribution in [0.1, 0.15) is 17.2 Å².